The van der Waals surface area contributed by atoms with Crippen LogP contribution in [0.25, 0.3) is 0 Å². The second-order valence-corrected chi connectivity index (χ2v) is 5.43. The van der Waals surface area contributed by atoms with Crippen LogP contribution in [-0.4, -0.2) is 19.5 Å². The van der Waals surface area contributed by atoms with E-state index in [1.54, 1.807) is 0 Å². The van der Waals surface area contributed by atoms with Gasteiger partial charge in [0.25, 0.3) is 0 Å². The van der Waals surface area contributed by atoms with Gasteiger partial charge in [-0.25, -0.2) is 0 Å². The van der Waals surface area contributed by atoms with Gasteiger partial charge in [-0.15, -0.1) is 0 Å². The van der Waals surface area contributed by atoms with Gasteiger partial charge >= 0.3 is 0 Å². The van der Waals surface area contributed by atoms with E-state index < -0.39 is 0 Å². The summed E-state index contributed by atoms with van der Waals surface area (Å²) in [6.07, 6.45) is 1.38. The van der Waals surface area contributed by atoms with Crippen LogP contribution in [0.1, 0.15) is 38.3 Å². The van der Waals surface area contributed by atoms with Crippen LogP contribution in [0.5, 0.6) is 0 Å². The Kier molecular flexibility index (Phi) is 6.89. The molecule has 0 saturated carbocycles. The molecular weight excluding hydrogens is 260 g/mol. The van der Waals surface area contributed by atoms with E-state index in [-0.39, 0.29) is 11.9 Å². The summed E-state index contributed by atoms with van der Waals surface area (Å²) in [7, 11) is 1.89. The van der Waals surface area contributed by atoms with Gasteiger partial charge in [-0.1, -0.05) is 43.6 Å². The molecule has 19 heavy (non-hydrogen) atoms. The summed E-state index contributed by atoms with van der Waals surface area (Å²) >= 11 is 6.21. The minimum absolute atomic E-state index is 0.0317. The van der Waals surface area contributed by atoms with E-state index >= 15 is 0 Å². The Morgan fingerprint density at radius 3 is 2.58 bits per heavy atom. The van der Waals surface area contributed by atoms with E-state index in [1.807, 2.05) is 31.3 Å². The van der Waals surface area contributed by atoms with Crippen molar-refractivity contribution in [3.8, 4) is 0 Å². The van der Waals surface area contributed by atoms with Crippen molar-refractivity contribution in [3.05, 3.63) is 34.9 Å². The van der Waals surface area contributed by atoms with Gasteiger partial charge in [0, 0.05) is 11.4 Å². The van der Waals surface area contributed by atoms with Crippen LogP contribution < -0.4 is 10.6 Å². The van der Waals surface area contributed by atoms with E-state index in [0.717, 1.165) is 18.5 Å². The molecule has 2 N–H and O–H groups in total. The van der Waals surface area contributed by atoms with Gasteiger partial charge in [0.2, 0.25) is 5.91 Å². The lowest BCUT2D eigenvalue weighted by Crippen LogP contribution is -2.32. The largest absolute Gasteiger partial charge is 0.349 e. The van der Waals surface area contributed by atoms with Crippen LogP contribution in [0.2, 0.25) is 5.02 Å². The first-order chi connectivity index (χ1) is 9.06. The Labute approximate surface area is 120 Å². The molecule has 106 valence electrons. The van der Waals surface area contributed by atoms with Crippen LogP contribution in [0, 0.1) is 5.92 Å². The molecule has 1 unspecified atom stereocenters. The van der Waals surface area contributed by atoms with Crippen molar-refractivity contribution >= 4 is 17.5 Å². The lowest BCUT2D eigenvalue weighted by atomic mass is 9.95. The van der Waals surface area contributed by atoms with E-state index in [4.69, 9.17) is 11.6 Å². The Balaban J connectivity index is 2.69. The number of hydrogen-bond acceptors (Lipinski definition) is 2. The number of amides is 1. The van der Waals surface area contributed by atoms with Crippen molar-refractivity contribution in [2.24, 2.45) is 5.92 Å². The second kappa shape index (κ2) is 8.18. The SMILES string of the molecule is CNCCCC(=O)NC(c1ccccc1Cl)C(C)C. The molecule has 0 aliphatic heterocycles. The molecule has 1 atom stereocenters. The lowest BCUT2D eigenvalue weighted by molar-refractivity contribution is -0.122. The predicted molar refractivity (Wildman–Crippen MR) is 80.3 cm³/mol. The van der Waals surface area contributed by atoms with Crippen LogP contribution in [0.15, 0.2) is 24.3 Å². The summed E-state index contributed by atoms with van der Waals surface area (Å²) in [5.74, 6) is 0.377. The smallest absolute Gasteiger partial charge is 0.220 e. The maximum atomic E-state index is 11.9. The standard InChI is InChI=1S/C15H23ClN2O/c1-11(2)15(12-7-4-5-8-13(12)16)18-14(19)9-6-10-17-3/h4-5,7-8,11,15,17H,6,9-10H2,1-3H3,(H,18,19). The van der Waals surface area contributed by atoms with E-state index in [2.05, 4.69) is 24.5 Å². The van der Waals surface area contributed by atoms with Crippen molar-refractivity contribution in [2.45, 2.75) is 32.7 Å². The normalized spacial score (nSPS) is 12.5. The van der Waals surface area contributed by atoms with Gasteiger partial charge < -0.3 is 10.6 Å². The number of nitrogens with one attached hydrogen (secondary N) is 2. The summed E-state index contributed by atoms with van der Waals surface area (Å²) in [5, 5.41) is 6.83. The molecule has 1 rings (SSSR count). The molecule has 4 heteroatoms. The van der Waals surface area contributed by atoms with E-state index in [0.29, 0.717) is 17.4 Å². The van der Waals surface area contributed by atoms with Gasteiger partial charge in [-0.3, -0.25) is 4.79 Å². The van der Waals surface area contributed by atoms with Crippen molar-refractivity contribution in [1.29, 1.82) is 0 Å². The minimum Gasteiger partial charge on any atom is -0.349 e. The number of rotatable bonds is 7. The second-order valence-electron chi connectivity index (χ2n) is 5.02. The van der Waals surface area contributed by atoms with Crippen LogP contribution >= 0.6 is 11.6 Å². The van der Waals surface area contributed by atoms with Gasteiger partial charge in [-0.05, 0) is 37.6 Å². The molecule has 0 fully saturated rings. The molecule has 1 aromatic carbocycles. The molecular formula is C15H23ClN2O. The first kappa shape index (κ1) is 16.0. The Morgan fingerprint density at radius 2 is 2.00 bits per heavy atom. The van der Waals surface area contributed by atoms with Crippen molar-refractivity contribution < 1.29 is 4.79 Å². The molecule has 0 saturated heterocycles. The zero-order valence-electron chi connectivity index (χ0n) is 11.9. The highest BCUT2D eigenvalue weighted by atomic mass is 35.5. The van der Waals surface area contributed by atoms with Crippen molar-refractivity contribution in [3.63, 3.8) is 0 Å². The fourth-order valence-electron chi connectivity index (χ4n) is 2.00. The first-order valence-electron chi connectivity index (χ1n) is 6.74. The monoisotopic (exact) mass is 282 g/mol. The summed E-state index contributed by atoms with van der Waals surface area (Å²) in [6, 6.07) is 7.65. The topological polar surface area (TPSA) is 41.1 Å². The highest BCUT2D eigenvalue weighted by Gasteiger charge is 2.20. The third-order valence-electron chi connectivity index (χ3n) is 3.05. The summed E-state index contributed by atoms with van der Waals surface area (Å²) in [6.45, 7) is 5.02. The Bertz CT molecular complexity index is 407. The van der Waals surface area contributed by atoms with Crippen molar-refractivity contribution in [1.82, 2.24) is 10.6 Å². The maximum absolute atomic E-state index is 11.9. The molecule has 0 aromatic heterocycles. The predicted octanol–water partition coefficient (Wildman–Crippen LogP) is 3.15. The third kappa shape index (κ3) is 5.21. The van der Waals surface area contributed by atoms with Crippen molar-refractivity contribution in [2.75, 3.05) is 13.6 Å². The first-order valence-corrected chi connectivity index (χ1v) is 7.12. The van der Waals surface area contributed by atoms with Gasteiger partial charge in [0.05, 0.1) is 6.04 Å². The molecule has 1 amide bonds. The molecule has 0 heterocycles. The highest BCUT2D eigenvalue weighted by molar-refractivity contribution is 6.31. The number of halogens is 1. The summed E-state index contributed by atoms with van der Waals surface area (Å²) < 4.78 is 0. The number of carbonyl (C=O) groups excluding carboxylic acids is 1. The van der Waals surface area contributed by atoms with Gasteiger partial charge in [0.15, 0.2) is 0 Å². The van der Waals surface area contributed by atoms with Crippen LogP contribution in [0.4, 0.5) is 0 Å². The molecule has 0 spiro atoms. The molecule has 0 aliphatic carbocycles. The zero-order chi connectivity index (χ0) is 14.3. The Hall–Kier alpha value is -1.06. The molecule has 1 aromatic rings. The quantitative estimate of drug-likeness (QED) is 0.754. The fraction of sp³-hybridized carbons (Fsp3) is 0.533. The van der Waals surface area contributed by atoms with Gasteiger partial charge in [-0.2, -0.15) is 0 Å². The van der Waals surface area contributed by atoms with E-state index in [9.17, 15) is 4.79 Å². The fourth-order valence-corrected chi connectivity index (χ4v) is 2.26. The maximum Gasteiger partial charge on any atom is 0.220 e. The summed E-state index contributed by atoms with van der Waals surface area (Å²) in [5.41, 5.74) is 0.987. The average molecular weight is 283 g/mol. The van der Waals surface area contributed by atoms with Crippen LogP contribution in [-0.2, 0) is 4.79 Å². The summed E-state index contributed by atoms with van der Waals surface area (Å²) in [4.78, 5) is 11.9. The number of carbonyl (C=O) groups is 1. The van der Waals surface area contributed by atoms with Gasteiger partial charge in [0.1, 0.15) is 0 Å². The van der Waals surface area contributed by atoms with E-state index in [1.165, 1.54) is 0 Å². The number of hydrogen-bond donors (Lipinski definition) is 2. The highest BCUT2D eigenvalue weighted by Crippen LogP contribution is 2.28. The molecule has 0 radical (unpaired) electrons. The lowest BCUT2D eigenvalue weighted by Gasteiger charge is -2.24. The van der Waals surface area contributed by atoms with Crippen LogP contribution in [0.3, 0.4) is 0 Å². The molecule has 3 nitrogen and oxygen atoms in total. The zero-order valence-corrected chi connectivity index (χ0v) is 12.6. The minimum atomic E-state index is -0.0317. The third-order valence-corrected chi connectivity index (χ3v) is 3.40. The molecule has 0 bridgehead atoms. The Morgan fingerprint density at radius 1 is 1.32 bits per heavy atom. The number of benzene rings is 1. The molecule has 0 aliphatic rings. The average Bonchev–Trinajstić information content (AvgIpc) is 2.37.